The van der Waals surface area contributed by atoms with Gasteiger partial charge in [0, 0.05) is 35.9 Å². The molecule has 0 aliphatic rings. The molecule has 18 aromatic rings. The molecule has 0 aliphatic heterocycles. The molecule has 14 aromatic carbocycles. The summed E-state index contributed by atoms with van der Waals surface area (Å²) < 4.78 is 2.42. The fourth-order valence-corrected chi connectivity index (χ4v) is 15.5. The average molecular weight is 1230 g/mol. The molecule has 0 aliphatic carbocycles. The van der Waals surface area contributed by atoms with Gasteiger partial charge in [-0.3, -0.25) is 9.97 Å². The minimum atomic E-state index is 1.04. The van der Waals surface area contributed by atoms with Gasteiger partial charge in [-0.2, -0.15) is 0 Å². The van der Waals surface area contributed by atoms with Gasteiger partial charge >= 0.3 is 0 Å². The van der Waals surface area contributed by atoms with Gasteiger partial charge in [0.1, 0.15) is 10.0 Å². The number of nitrogens with zero attached hydrogens (tertiary/aromatic N) is 4. The summed E-state index contributed by atoms with van der Waals surface area (Å²) >= 11 is 3.48. The summed E-state index contributed by atoms with van der Waals surface area (Å²) in [4.78, 5) is 18.2. The lowest BCUT2D eigenvalue weighted by atomic mass is 9.84. The van der Waals surface area contributed by atoms with Crippen LogP contribution in [0.4, 0.5) is 0 Å². The van der Waals surface area contributed by atoms with E-state index < -0.39 is 0 Å². The summed E-state index contributed by atoms with van der Waals surface area (Å²) in [6.07, 6.45) is 7.38. The Hall–Kier alpha value is -11.8. The number of aromatic nitrogens is 4. The Kier molecular flexibility index (Phi) is 14.6. The lowest BCUT2D eigenvalue weighted by Crippen LogP contribution is -1.92. The standard InChI is InChI=1S/C46H28N2S2.C42H28N2/c1-2-10-29(11-3-1)34-26-27-37-38(28-34)44(31-20-24-33(25-21-31)46-48-40-15-7-9-17-42(40)50-46)36-13-5-4-12-35(36)43(37)30-18-22-32(23-19-30)45-47-39-14-6-8-16-41(39)49-45;1-2-6-29(7-3-1)36-18-19-39-40(28-36)42(35-16-12-31(13-17-35)33-22-26-44-27-23-33)38-9-5-4-8-37(38)41(39)34-14-10-30(11-15-34)32-20-24-43-25-21-32/h1-28H;1-28H. The van der Waals surface area contributed by atoms with Crippen LogP contribution in [0, 0.1) is 0 Å². The van der Waals surface area contributed by atoms with Gasteiger partial charge in [0.15, 0.2) is 0 Å². The molecular weight excluding hydrogens is 1180 g/mol. The first-order chi connectivity index (χ1) is 46.6. The van der Waals surface area contributed by atoms with Crippen LogP contribution in [0.5, 0.6) is 0 Å². The highest BCUT2D eigenvalue weighted by Gasteiger charge is 2.21. The van der Waals surface area contributed by atoms with Crippen molar-refractivity contribution in [1.82, 2.24) is 19.9 Å². The van der Waals surface area contributed by atoms with Gasteiger partial charge in [0.2, 0.25) is 0 Å². The average Bonchev–Trinajstić information content (AvgIpc) is 0.922. The van der Waals surface area contributed by atoms with E-state index in [0.29, 0.717) is 0 Å². The Bertz CT molecular complexity index is 5730. The number of hydrogen-bond donors (Lipinski definition) is 0. The minimum Gasteiger partial charge on any atom is -0.265 e. The Morgan fingerprint density at radius 1 is 0.181 bits per heavy atom. The van der Waals surface area contributed by atoms with Crippen LogP contribution >= 0.6 is 22.7 Å². The molecule has 0 unspecified atom stereocenters. The topological polar surface area (TPSA) is 51.6 Å². The Labute approximate surface area is 552 Å². The zero-order valence-electron chi connectivity index (χ0n) is 50.9. The number of rotatable bonds is 10. The summed E-state index contributed by atoms with van der Waals surface area (Å²) in [5, 5.41) is 12.0. The first kappa shape index (κ1) is 56.2. The highest BCUT2D eigenvalue weighted by atomic mass is 32.1. The second-order valence-corrected chi connectivity index (χ2v) is 25.7. The van der Waals surface area contributed by atoms with Gasteiger partial charge < -0.3 is 0 Å². The number of fused-ring (bicyclic) bond motifs is 6. The maximum absolute atomic E-state index is 4.93. The van der Waals surface area contributed by atoms with E-state index in [4.69, 9.17) is 9.97 Å². The summed E-state index contributed by atoms with van der Waals surface area (Å²) in [6, 6.07) is 114. The van der Waals surface area contributed by atoms with Crippen molar-refractivity contribution in [2.75, 3.05) is 0 Å². The molecule has 4 aromatic heterocycles. The molecular formula is C88H56N4S2. The van der Waals surface area contributed by atoms with Crippen LogP contribution in [0.25, 0.3) is 174 Å². The van der Waals surface area contributed by atoms with Crippen molar-refractivity contribution in [3.05, 3.63) is 340 Å². The van der Waals surface area contributed by atoms with Gasteiger partial charge in [-0.15, -0.1) is 22.7 Å². The Morgan fingerprint density at radius 2 is 0.436 bits per heavy atom. The van der Waals surface area contributed by atoms with Crippen molar-refractivity contribution < 1.29 is 0 Å². The lowest BCUT2D eigenvalue weighted by molar-refractivity contribution is 1.33. The van der Waals surface area contributed by atoms with Crippen LogP contribution in [-0.2, 0) is 0 Å². The number of para-hydroxylation sites is 2. The van der Waals surface area contributed by atoms with Crippen molar-refractivity contribution in [3.8, 4) is 110 Å². The predicted molar refractivity (Wildman–Crippen MR) is 399 cm³/mol. The predicted octanol–water partition coefficient (Wildman–Crippen LogP) is 24.7. The third kappa shape index (κ3) is 10.6. The van der Waals surface area contributed by atoms with Gasteiger partial charge in [-0.05, 0) is 193 Å². The maximum Gasteiger partial charge on any atom is 0.124 e. The number of pyridine rings is 2. The number of benzene rings is 14. The molecule has 4 nitrogen and oxygen atoms in total. The largest absolute Gasteiger partial charge is 0.265 e. The molecule has 18 rings (SSSR count). The summed E-state index contributed by atoms with van der Waals surface area (Å²) in [5.41, 5.74) is 23.7. The molecule has 0 radical (unpaired) electrons. The summed E-state index contributed by atoms with van der Waals surface area (Å²) in [7, 11) is 0. The zero-order valence-corrected chi connectivity index (χ0v) is 52.6. The molecule has 6 heteroatoms. The third-order valence-corrected chi connectivity index (χ3v) is 20.2. The lowest BCUT2D eigenvalue weighted by Gasteiger charge is -2.19. The van der Waals surface area contributed by atoms with Gasteiger partial charge in [0.25, 0.3) is 0 Å². The second-order valence-electron chi connectivity index (χ2n) is 23.6. The minimum absolute atomic E-state index is 1.04. The van der Waals surface area contributed by atoms with Gasteiger partial charge in [-0.25, -0.2) is 9.97 Å². The molecule has 0 amide bonds. The molecule has 0 bridgehead atoms. The molecule has 0 saturated heterocycles. The van der Waals surface area contributed by atoms with E-state index >= 15 is 0 Å². The van der Waals surface area contributed by atoms with Crippen molar-refractivity contribution in [3.63, 3.8) is 0 Å². The highest BCUT2D eigenvalue weighted by molar-refractivity contribution is 7.22. The third-order valence-electron chi connectivity index (χ3n) is 18.1. The summed E-state index contributed by atoms with van der Waals surface area (Å²) in [5.74, 6) is 0. The van der Waals surface area contributed by atoms with Crippen LogP contribution in [0.2, 0.25) is 0 Å². The first-order valence-corrected chi connectivity index (χ1v) is 33.3. The maximum atomic E-state index is 4.93. The van der Waals surface area contributed by atoms with Gasteiger partial charge in [0.05, 0.1) is 20.4 Å². The van der Waals surface area contributed by atoms with Crippen LogP contribution in [-0.4, -0.2) is 19.9 Å². The molecule has 0 atom stereocenters. The fourth-order valence-electron chi connectivity index (χ4n) is 13.5. The van der Waals surface area contributed by atoms with Crippen molar-refractivity contribution in [2.24, 2.45) is 0 Å². The van der Waals surface area contributed by atoms with E-state index in [-0.39, 0.29) is 0 Å². The second kappa shape index (κ2) is 24.4. The Balaban J connectivity index is 0.000000144. The molecule has 0 N–H and O–H groups in total. The van der Waals surface area contributed by atoms with E-state index in [1.165, 1.54) is 136 Å². The van der Waals surface area contributed by atoms with Crippen molar-refractivity contribution in [2.45, 2.75) is 0 Å². The number of hydrogen-bond acceptors (Lipinski definition) is 6. The van der Waals surface area contributed by atoms with Crippen LogP contribution in [0.3, 0.4) is 0 Å². The van der Waals surface area contributed by atoms with E-state index in [1.807, 2.05) is 24.8 Å². The fraction of sp³-hybridized carbons (Fsp3) is 0. The van der Waals surface area contributed by atoms with Crippen LogP contribution < -0.4 is 0 Å². The molecule has 440 valence electrons. The SMILES string of the molecule is c1ccc(-c2ccc3c(-c4ccc(-c5ccncc5)cc4)c4ccccc4c(-c4ccc(-c5ccncc5)cc4)c3c2)cc1.c1ccc(-c2ccc3c(-c4ccc(-c5nc6ccccc6s5)cc4)c4ccccc4c(-c4ccc(-c5nc6ccccc6s5)cc4)c3c2)cc1. The molecule has 0 spiro atoms. The van der Waals surface area contributed by atoms with E-state index in [9.17, 15) is 0 Å². The quantitative estimate of drug-likeness (QED) is 0.128. The monoisotopic (exact) mass is 1230 g/mol. The molecule has 4 heterocycles. The van der Waals surface area contributed by atoms with E-state index in [1.54, 1.807) is 22.7 Å². The molecule has 0 fully saturated rings. The number of thiazole rings is 2. The van der Waals surface area contributed by atoms with Crippen LogP contribution in [0.1, 0.15) is 0 Å². The molecule has 0 saturated carbocycles. The first-order valence-electron chi connectivity index (χ1n) is 31.6. The highest BCUT2D eigenvalue weighted by Crippen LogP contribution is 2.48. The summed E-state index contributed by atoms with van der Waals surface area (Å²) in [6.45, 7) is 0. The van der Waals surface area contributed by atoms with Crippen molar-refractivity contribution in [1.29, 1.82) is 0 Å². The van der Waals surface area contributed by atoms with Crippen LogP contribution in [0.15, 0.2) is 340 Å². The van der Waals surface area contributed by atoms with Crippen molar-refractivity contribution >= 4 is 86.2 Å². The Morgan fingerprint density at radius 3 is 0.787 bits per heavy atom. The molecule has 94 heavy (non-hydrogen) atoms. The normalized spacial score (nSPS) is 11.4. The van der Waals surface area contributed by atoms with E-state index in [0.717, 1.165) is 37.7 Å². The smallest absolute Gasteiger partial charge is 0.124 e. The van der Waals surface area contributed by atoms with E-state index in [2.05, 4.69) is 325 Å². The van der Waals surface area contributed by atoms with Gasteiger partial charge in [-0.1, -0.05) is 255 Å². The zero-order chi connectivity index (χ0) is 62.3.